The largest absolute Gasteiger partial charge is 0.382 e. The Kier molecular flexibility index (Phi) is 3.64. The van der Waals surface area contributed by atoms with Gasteiger partial charge in [-0.2, -0.15) is 0 Å². The second-order valence-corrected chi connectivity index (χ2v) is 3.30. The molecular weight excluding hydrogens is 164 g/mol. The smallest absolute Gasteiger partial charge is 0.141 e. The number of nitrogen functional groups attached to an aromatic ring is 1. The highest BCUT2D eigenvalue weighted by atomic mass is 14.9. The van der Waals surface area contributed by atoms with Crippen LogP contribution in [0.2, 0.25) is 0 Å². The van der Waals surface area contributed by atoms with E-state index < -0.39 is 0 Å². The van der Waals surface area contributed by atoms with Crippen LogP contribution in [0.1, 0.15) is 25.5 Å². The molecule has 0 aromatic carbocycles. The van der Waals surface area contributed by atoms with E-state index >= 15 is 0 Å². The predicted octanol–water partition coefficient (Wildman–Crippen LogP) is 0.729. The molecule has 0 bridgehead atoms. The Morgan fingerprint density at radius 3 is 2.69 bits per heavy atom. The van der Waals surface area contributed by atoms with Crippen molar-refractivity contribution in [1.29, 1.82) is 0 Å². The lowest BCUT2D eigenvalue weighted by Gasteiger charge is -2.03. The fourth-order valence-corrected chi connectivity index (χ4v) is 1.10. The van der Waals surface area contributed by atoms with Gasteiger partial charge in [0.05, 0.1) is 18.1 Å². The molecule has 1 aromatic heterocycles. The molecule has 0 aliphatic carbocycles. The van der Waals surface area contributed by atoms with Gasteiger partial charge in [-0.25, -0.2) is 4.98 Å². The van der Waals surface area contributed by atoms with Gasteiger partial charge in [-0.1, -0.05) is 0 Å². The summed E-state index contributed by atoms with van der Waals surface area (Å²) in [6.07, 6.45) is 6.30. The standard InChI is InChI=1S/C9H16N4/c1-7(10)3-2-4-8-5-13-9(11)6-12-8/h5-7H,2-4,10H2,1H3,(H2,11,13)/t7-/m0/s1. The average molecular weight is 180 g/mol. The second kappa shape index (κ2) is 4.77. The van der Waals surface area contributed by atoms with E-state index in [1.165, 1.54) is 0 Å². The fraction of sp³-hybridized carbons (Fsp3) is 0.556. The maximum Gasteiger partial charge on any atom is 0.141 e. The van der Waals surface area contributed by atoms with Crippen molar-refractivity contribution < 1.29 is 0 Å². The van der Waals surface area contributed by atoms with E-state index in [1.807, 2.05) is 6.92 Å². The molecule has 4 nitrogen and oxygen atoms in total. The van der Waals surface area contributed by atoms with Crippen molar-refractivity contribution in [3.63, 3.8) is 0 Å². The molecule has 1 heterocycles. The quantitative estimate of drug-likeness (QED) is 0.716. The lowest BCUT2D eigenvalue weighted by atomic mass is 10.1. The Hall–Kier alpha value is -1.16. The number of hydrogen-bond acceptors (Lipinski definition) is 4. The normalized spacial score (nSPS) is 12.8. The van der Waals surface area contributed by atoms with E-state index in [1.54, 1.807) is 12.4 Å². The number of anilines is 1. The molecule has 0 amide bonds. The molecule has 0 aliphatic rings. The van der Waals surface area contributed by atoms with Crippen LogP contribution in [0.4, 0.5) is 5.82 Å². The molecule has 0 saturated carbocycles. The number of aryl methyl sites for hydroxylation is 1. The van der Waals surface area contributed by atoms with Crippen LogP contribution < -0.4 is 11.5 Å². The van der Waals surface area contributed by atoms with Gasteiger partial charge >= 0.3 is 0 Å². The summed E-state index contributed by atoms with van der Waals surface area (Å²) >= 11 is 0. The van der Waals surface area contributed by atoms with Crippen molar-refractivity contribution in [1.82, 2.24) is 9.97 Å². The van der Waals surface area contributed by atoms with Crippen molar-refractivity contribution in [2.24, 2.45) is 5.73 Å². The maximum absolute atomic E-state index is 5.62. The first-order valence-electron chi connectivity index (χ1n) is 4.50. The van der Waals surface area contributed by atoms with Gasteiger partial charge in [-0.05, 0) is 26.2 Å². The average Bonchev–Trinajstić information content (AvgIpc) is 2.08. The molecule has 0 aliphatic heterocycles. The zero-order chi connectivity index (χ0) is 9.68. The third-order valence-electron chi connectivity index (χ3n) is 1.82. The first-order chi connectivity index (χ1) is 6.18. The summed E-state index contributed by atoms with van der Waals surface area (Å²) in [5.74, 6) is 0.468. The first-order valence-corrected chi connectivity index (χ1v) is 4.50. The van der Waals surface area contributed by atoms with Crippen LogP contribution >= 0.6 is 0 Å². The molecule has 4 heteroatoms. The Bertz CT molecular complexity index is 242. The first kappa shape index (κ1) is 9.92. The minimum atomic E-state index is 0.266. The van der Waals surface area contributed by atoms with Gasteiger partial charge in [0.15, 0.2) is 0 Å². The zero-order valence-electron chi connectivity index (χ0n) is 7.90. The zero-order valence-corrected chi connectivity index (χ0v) is 7.90. The van der Waals surface area contributed by atoms with Crippen LogP contribution in [0.25, 0.3) is 0 Å². The summed E-state index contributed by atoms with van der Waals surface area (Å²) in [5, 5.41) is 0. The topological polar surface area (TPSA) is 77.8 Å². The Morgan fingerprint density at radius 2 is 2.15 bits per heavy atom. The Balaban J connectivity index is 2.33. The molecule has 13 heavy (non-hydrogen) atoms. The van der Waals surface area contributed by atoms with E-state index in [0.717, 1.165) is 25.0 Å². The van der Waals surface area contributed by atoms with Crippen LogP contribution in [0, 0.1) is 0 Å². The minimum absolute atomic E-state index is 0.266. The molecule has 1 atom stereocenters. The number of aromatic nitrogens is 2. The highest BCUT2D eigenvalue weighted by molar-refractivity contribution is 5.22. The molecule has 0 fully saturated rings. The summed E-state index contributed by atoms with van der Waals surface area (Å²) in [6.45, 7) is 2.01. The molecule has 72 valence electrons. The van der Waals surface area contributed by atoms with Crippen LogP contribution in [0.15, 0.2) is 12.4 Å². The summed E-state index contributed by atoms with van der Waals surface area (Å²) in [5.41, 5.74) is 12.0. The predicted molar refractivity (Wildman–Crippen MR) is 53.0 cm³/mol. The fourth-order valence-electron chi connectivity index (χ4n) is 1.10. The monoisotopic (exact) mass is 180 g/mol. The molecule has 0 saturated heterocycles. The van der Waals surface area contributed by atoms with Crippen LogP contribution in [-0.2, 0) is 6.42 Å². The van der Waals surface area contributed by atoms with Crippen molar-refractivity contribution in [3.05, 3.63) is 18.1 Å². The third kappa shape index (κ3) is 3.85. The lowest BCUT2D eigenvalue weighted by molar-refractivity contribution is 0.619. The van der Waals surface area contributed by atoms with E-state index in [9.17, 15) is 0 Å². The maximum atomic E-state index is 5.62. The van der Waals surface area contributed by atoms with Crippen molar-refractivity contribution in [3.8, 4) is 0 Å². The van der Waals surface area contributed by atoms with Crippen molar-refractivity contribution >= 4 is 5.82 Å². The van der Waals surface area contributed by atoms with Crippen LogP contribution in [0.3, 0.4) is 0 Å². The SMILES string of the molecule is C[C@H](N)CCCc1cnc(N)cn1. The summed E-state index contributed by atoms with van der Waals surface area (Å²) in [6, 6.07) is 0.266. The van der Waals surface area contributed by atoms with E-state index in [0.29, 0.717) is 5.82 Å². The van der Waals surface area contributed by atoms with Crippen molar-refractivity contribution in [2.45, 2.75) is 32.2 Å². The molecule has 0 unspecified atom stereocenters. The van der Waals surface area contributed by atoms with Gasteiger partial charge in [0.1, 0.15) is 5.82 Å². The van der Waals surface area contributed by atoms with Gasteiger partial charge in [0, 0.05) is 6.04 Å². The minimum Gasteiger partial charge on any atom is -0.382 e. The van der Waals surface area contributed by atoms with Crippen molar-refractivity contribution in [2.75, 3.05) is 5.73 Å². The van der Waals surface area contributed by atoms with Gasteiger partial charge in [-0.15, -0.1) is 0 Å². The molecule has 1 rings (SSSR count). The van der Waals surface area contributed by atoms with Crippen LogP contribution in [-0.4, -0.2) is 16.0 Å². The van der Waals surface area contributed by atoms with Crippen LogP contribution in [0.5, 0.6) is 0 Å². The molecule has 4 N–H and O–H groups in total. The lowest BCUT2D eigenvalue weighted by Crippen LogP contribution is -2.14. The highest BCUT2D eigenvalue weighted by Crippen LogP contribution is 2.03. The van der Waals surface area contributed by atoms with E-state index in [4.69, 9.17) is 11.5 Å². The van der Waals surface area contributed by atoms with Gasteiger partial charge in [0.25, 0.3) is 0 Å². The summed E-state index contributed by atoms with van der Waals surface area (Å²) in [7, 11) is 0. The number of rotatable bonds is 4. The molecular formula is C9H16N4. The third-order valence-corrected chi connectivity index (χ3v) is 1.82. The molecule has 0 spiro atoms. The van der Waals surface area contributed by atoms with Gasteiger partial charge in [0.2, 0.25) is 0 Å². The van der Waals surface area contributed by atoms with E-state index in [-0.39, 0.29) is 6.04 Å². The number of nitrogens with two attached hydrogens (primary N) is 2. The Morgan fingerprint density at radius 1 is 1.38 bits per heavy atom. The molecule has 0 radical (unpaired) electrons. The summed E-state index contributed by atoms with van der Waals surface area (Å²) in [4.78, 5) is 8.11. The summed E-state index contributed by atoms with van der Waals surface area (Å²) < 4.78 is 0. The molecule has 1 aromatic rings. The number of hydrogen-bond donors (Lipinski definition) is 2. The van der Waals surface area contributed by atoms with E-state index in [2.05, 4.69) is 9.97 Å². The number of nitrogens with zero attached hydrogens (tertiary/aromatic N) is 2. The van der Waals surface area contributed by atoms with Gasteiger partial charge in [-0.3, -0.25) is 4.98 Å². The second-order valence-electron chi connectivity index (χ2n) is 3.30. The highest BCUT2D eigenvalue weighted by Gasteiger charge is 1.97. The van der Waals surface area contributed by atoms with Gasteiger partial charge < -0.3 is 11.5 Å². The Labute approximate surface area is 78.4 Å².